The molecule has 4 nitrogen and oxygen atoms in total. The van der Waals surface area contributed by atoms with Gasteiger partial charge >= 0.3 is 0 Å². The minimum atomic E-state index is -1.02. The normalized spacial score (nSPS) is 20.3. The van der Waals surface area contributed by atoms with Crippen molar-refractivity contribution in [2.24, 2.45) is 0 Å². The molecule has 1 aliphatic carbocycles. The van der Waals surface area contributed by atoms with Gasteiger partial charge in [-0.1, -0.05) is 28.7 Å². The number of hydrogen-bond donors (Lipinski definition) is 1. The Balaban J connectivity index is 2.75. The molecule has 0 aliphatic heterocycles. The molecule has 0 fully saturated rings. The van der Waals surface area contributed by atoms with E-state index in [1.54, 1.807) is 22.6 Å². The topological polar surface area (TPSA) is 71.4 Å². The average molecular weight is 316 g/mol. The predicted molar refractivity (Wildman–Crippen MR) is 59.6 cm³/mol. The number of phenols is 1. The van der Waals surface area contributed by atoms with Crippen LogP contribution in [0.1, 0.15) is 20.7 Å². The molecule has 0 amide bonds. The third-order valence-corrected chi connectivity index (χ3v) is 3.35. The smallest absolute Gasteiger partial charge is 0.231 e. The number of carbonyl (C=O) groups is 3. The van der Waals surface area contributed by atoms with Gasteiger partial charge in [0.15, 0.2) is 5.78 Å². The summed E-state index contributed by atoms with van der Waals surface area (Å²) in [4.78, 5) is 34.5. The van der Waals surface area contributed by atoms with E-state index in [1.165, 1.54) is 18.2 Å². The molecule has 0 radical (unpaired) electrons. The van der Waals surface area contributed by atoms with E-state index in [1.807, 2.05) is 0 Å². The van der Waals surface area contributed by atoms with Gasteiger partial charge < -0.3 is 5.11 Å². The number of halogens is 1. The number of carbonyl (C=O) groups excluding carboxylic acids is 3. The molecule has 2 rings (SSSR count). The Kier molecular flexibility index (Phi) is 2.34. The maximum absolute atomic E-state index is 11.7. The van der Waals surface area contributed by atoms with Gasteiger partial charge in [-0.2, -0.15) is 0 Å². The van der Waals surface area contributed by atoms with Crippen molar-refractivity contribution in [3.63, 3.8) is 0 Å². The van der Waals surface area contributed by atoms with E-state index in [0.717, 1.165) is 0 Å². The van der Waals surface area contributed by atoms with Crippen LogP contribution in [0, 0.1) is 0 Å². The van der Waals surface area contributed by atoms with Crippen LogP contribution in [-0.4, -0.2) is 26.4 Å². The Morgan fingerprint density at radius 1 is 1.13 bits per heavy atom. The summed E-state index contributed by atoms with van der Waals surface area (Å²) in [7, 11) is 0. The molecule has 0 saturated carbocycles. The van der Waals surface area contributed by atoms with Gasteiger partial charge in [-0.3, -0.25) is 14.4 Å². The van der Waals surface area contributed by atoms with Crippen LogP contribution in [0.5, 0.6) is 5.75 Å². The fraction of sp³-hybridized carbons (Fsp3) is 0.100. The molecule has 1 aromatic rings. The second kappa shape index (κ2) is 3.41. The van der Waals surface area contributed by atoms with Crippen molar-refractivity contribution in [3.8, 4) is 5.75 Å². The standard InChI is InChI=1S/C10H5IO4/c11-7-9(14)6-4(8(13)10(7)15)2-1-3-5(6)12/h1-3,7,12H. The zero-order valence-corrected chi connectivity index (χ0v) is 9.52. The molecule has 76 valence electrons. The first-order chi connectivity index (χ1) is 7.04. The van der Waals surface area contributed by atoms with Crippen LogP contribution < -0.4 is 0 Å². The Morgan fingerprint density at radius 3 is 2.47 bits per heavy atom. The van der Waals surface area contributed by atoms with E-state index >= 15 is 0 Å². The highest BCUT2D eigenvalue weighted by atomic mass is 127. The van der Waals surface area contributed by atoms with Crippen molar-refractivity contribution in [1.29, 1.82) is 0 Å². The Bertz CT molecular complexity index is 492. The lowest BCUT2D eigenvalue weighted by Crippen LogP contribution is -2.37. The zero-order valence-electron chi connectivity index (χ0n) is 7.36. The van der Waals surface area contributed by atoms with Gasteiger partial charge in [0.25, 0.3) is 0 Å². The number of Topliss-reactive ketones (excluding diaryl/α,β-unsaturated/α-hetero) is 3. The number of hydrogen-bond acceptors (Lipinski definition) is 4. The highest BCUT2D eigenvalue weighted by Crippen LogP contribution is 2.30. The Morgan fingerprint density at radius 2 is 1.80 bits per heavy atom. The molecule has 15 heavy (non-hydrogen) atoms. The van der Waals surface area contributed by atoms with Crippen molar-refractivity contribution >= 4 is 39.9 Å². The van der Waals surface area contributed by atoms with Gasteiger partial charge in [-0.25, -0.2) is 0 Å². The second-order valence-electron chi connectivity index (χ2n) is 3.12. The van der Waals surface area contributed by atoms with Crippen molar-refractivity contribution < 1.29 is 19.5 Å². The fourth-order valence-electron chi connectivity index (χ4n) is 1.48. The maximum Gasteiger partial charge on any atom is 0.231 e. The van der Waals surface area contributed by atoms with Crippen LogP contribution in [0.15, 0.2) is 18.2 Å². The highest BCUT2D eigenvalue weighted by Gasteiger charge is 2.39. The summed E-state index contributed by atoms with van der Waals surface area (Å²) in [6.07, 6.45) is 0. The predicted octanol–water partition coefficient (Wildman–Crippen LogP) is 1.14. The molecule has 5 heteroatoms. The van der Waals surface area contributed by atoms with Gasteiger partial charge in [0, 0.05) is 5.56 Å². The fourth-order valence-corrected chi connectivity index (χ4v) is 2.08. The summed E-state index contributed by atoms with van der Waals surface area (Å²) >= 11 is 1.61. The number of ketones is 3. The van der Waals surface area contributed by atoms with E-state index < -0.39 is 21.3 Å². The van der Waals surface area contributed by atoms with Crippen LogP contribution in [0.2, 0.25) is 0 Å². The molecule has 1 aromatic carbocycles. The lowest BCUT2D eigenvalue weighted by atomic mass is 9.88. The summed E-state index contributed by atoms with van der Waals surface area (Å²) in [6, 6.07) is 4.12. The SMILES string of the molecule is O=C1C(=O)C(I)C(=O)c2c(O)cccc21. The minimum Gasteiger partial charge on any atom is -0.507 e. The Labute approximate surface area is 98.4 Å². The summed E-state index contributed by atoms with van der Waals surface area (Å²) in [5.41, 5.74) is -0.0422. The molecular weight excluding hydrogens is 311 g/mol. The van der Waals surface area contributed by atoms with Crippen LogP contribution >= 0.6 is 22.6 Å². The Hall–Kier alpha value is -1.24. The molecule has 0 saturated heterocycles. The van der Waals surface area contributed by atoms with Gasteiger partial charge in [0.05, 0.1) is 5.56 Å². The largest absolute Gasteiger partial charge is 0.507 e. The first kappa shape index (κ1) is 10.3. The molecule has 1 aliphatic rings. The van der Waals surface area contributed by atoms with Gasteiger partial charge in [-0.05, 0) is 12.1 Å². The molecule has 0 heterocycles. The number of rotatable bonds is 0. The molecule has 0 aromatic heterocycles. The number of alkyl halides is 1. The maximum atomic E-state index is 11.7. The molecule has 1 N–H and O–H groups in total. The third kappa shape index (κ3) is 1.38. The quantitative estimate of drug-likeness (QED) is 0.337. The summed E-state index contributed by atoms with van der Waals surface area (Å²) < 4.78 is -1.02. The van der Waals surface area contributed by atoms with E-state index in [2.05, 4.69) is 0 Å². The third-order valence-electron chi connectivity index (χ3n) is 2.22. The van der Waals surface area contributed by atoms with Crippen LogP contribution in [0.4, 0.5) is 0 Å². The van der Waals surface area contributed by atoms with Crippen LogP contribution in [-0.2, 0) is 4.79 Å². The van der Waals surface area contributed by atoms with E-state index in [-0.39, 0.29) is 16.9 Å². The summed E-state index contributed by atoms with van der Waals surface area (Å²) in [5, 5.41) is 9.46. The van der Waals surface area contributed by atoms with Crippen LogP contribution in [0.3, 0.4) is 0 Å². The first-order valence-electron chi connectivity index (χ1n) is 4.13. The lowest BCUT2D eigenvalue weighted by Gasteiger charge is -2.17. The number of phenolic OH excluding ortho intramolecular Hbond substituents is 1. The van der Waals surface area contributed by atoms with E-state index in [0.29, 0.717) is 0 Å². The van der Waals surface area contributed by atoms with Crippen molar-refractivity contribution in [3.05, 3.63) is 29.3 Å². The monoisotopic (exact) mass is 316 g/mol. The van der Waals surface area contributed by atoms with Gasteiger partial charge in [0.1, 0.15) is 9.67 Å². The van der Waals surface area contributed by atoms with Gasteiger partial charge in [0.2, 0.25) is 11.6 Å². The number of fused-ring (bicyclic) bond motifs is 1. The van der Waals surface area contributed by atoms with Crippen molar-refractivity contribution in [1.82, 2.24) is 0 Å². The van der Waals surface area contributed by atoms with Gasteiger partial charge in [-0.15, -0.1) is 0 Å². The summed E-state index contributed by atoms with van der Waals surface area (Å²) in [5.74, 6) is -2.19. The highest BCUT2D eigenvalue weighted by molar-refractivity contribution is 14.1. The molecule has 0 bridgehead atoms. The van der Waals surface area contributed by atoms with Crippen LogP contribution in [0.25, 0.3) is 0 Å². The number of benzene rings is 1. The zero-order chi connectivity index (χ0) is 11.2. The molecule has 1 unspecified atom stereocenters. The number of aromatic hydroxyl groups is 1. The minimum absolute atomic E-state index is 0.00193. The molecule has 1 atom stereocenters. The average Bonchev–Trinajstić information content (AvgIpc) is 2.23. The molecular formula is C10H5IO4. The van der Waals surface area contributed by atoms with E-state index in [9.17, 15) is 19.5 Å². The van der Waals surface area contributed by atoms with E-state index in [4.69, 9.17) is 0 Å². The first-order valence-corrected chi connectivity index (χ1v) is 5.37. The lowest BCUT2D eigenvalue weighted by molar-refractivity contribution is -0.113. The second-order valence-corrected chi connectivity index (χ2v) is 4.37. The van der Waals surface area contributed by atoms with Crippen molar-refractivity contribution in [2.45, 2.75) is 3.92 Å². The summed E-state index contributed by atoms with van der Waals surface area (Å²) in [6.45, 7) is 0. The van der Waals surface area contributed by atoms with Crippen molar-refractivity contribution in [2.75, 3.05) is 0 Å². The molecule has 0 spiro atoms.